The van der Waals surface area contributed by atoms with Gasteiger partial charge in [0.25, 0.3) is 0 Å². The lowest BCUT2D eigenvalue weighted by Crippen LogP contribution is -2.31. The first kappa shape index (κ1) is 20.4. The van der Waals surface area contributed by atoms with Gasteiger partial charge in [0.2, 0.25) is 0 Å². The molecular weight excluding hydrogens is 420 g/mol. The predicted molar refractivity (Wildman–Crippen MR) is 132 cm³/mol. The van der Waals surface area contributed by atoms with E-state index in [1.54, 1.807) is 6.20 Å². The Bertz CT molecular complexity index is 1400. The second-order valence-electron chi connectivity index (χ2n) is 8.52. The Labute approximate surface area is 198 Å². The topological polar surface area (TPSA) is 59.7 Å². The van der Waals surface area contributed by atoms with Gasteiger partial charge in [-0.1, -0.05) is 48.5 Å². The first-order valence-corrected chi connectivity index (χ1v) is 11.5. The van der Waals surface area contributed by atoms with E-state index in [2.05, 4.69) is 57.5 Å². The third kappa shape index (κ3) is 4.11. The second-order valence-corrected chi connectivity index (χ2v) is 8.52. The molecule has 0 saturated heterocycles. The van der Waals surface area contributed by atoms with Crippen LogP contribution in [0, 0.1) is 0 Å². The lowest BCUT2D eigenvalue weighted by Gasteiger charge is -2.28. The van der Waals surface area contributed by atoms with Crippen molar-refractivity contribution in [2.24, 2.45) is 0 Å². The molecule has 0 N–H and O–H groups in total. The van der Waals surface area contributed by atoms with E-state index >= 15 is 0 Å². The fourth-order valence-corrected chi connectivity index (χ4v) is 4.46. The third-order valence-corrected chi connectivity index (χ3v) is 6.18. The predicted octanol–water partition coefficient (Wildman–Crippen LogP) is 4.95. The number of hydrogen-bond donors (Lipinski definition) is 0. The maximum absolute atomic E-state index is 4.97. The van der Waals surface area contributed by atoms with Gasteiger partial charge < -0.3 is 0 Å². The van der Waals surface area contributed by atoms with E-state index in [9.17, 15) is 0 Å². The number of nitrogens with zero attached hydrogens (tertiary/aromatic N) is 6. The highest BCUT2D eigenvalue weighted by atomic mass is 15.3. The average Bonchev–Trinajstić information content (AvgIpc) is 3.33. The van der Waals surface area contributed by atoms with Crippen LogP contribution in [0.1, 0.15) is 16.8 Å². The monoisotopic (exact) mass is 444 g/mol. The fourth-order valence-electron chi connectivity index (χ4n) is 4.46. The molecule has 3 aromatic heterocycles. The SMILES string of the molecule is c1ccc(-c2nn(-c3ccccc3)cc2CN2CCc3nc(-c4cccnc4)ncc3C2)cc1. The summed E-state index contributed by atoms with van der Waals surface area (Å²) < 4.78 is 1.98. The molecule has 0 radical (unpaired) electrons. The summed E-state index contributed by atoms with van der Waals surface area (Å²) in [6.07, 6.45) is 8.62. The minimum absolute atomic E-state index is 0.746. The lowest BCUT2D eigenvalue weighted by atomic mass is 10.0. The van der Waals surface area contributed by atoms with E-state index in [1.807, 2.05) is 53.5 Å². The molecule has 5 aromatic rings. The van der Waals surface area contributed by atoms with Gasteiger partial charge in [-0.05, 0) is 24.3 Å². The van der Waals surface area contributed by atoms with Crippen molar-refractivity contribution in [1.29, 1.82) is 0 Å². The van der Waals surface area contributed by atoms with Crippen molar-refractivity contribution in [2.75, 3.05) is 6.54 Å². The Balaban J connectivity index is 1.28. The molecule has 6 rings (SSSR count). The van der Waals surface area contributed by atoms with E-state index in [-0.39, 0.29) is 0 Å². The van der Waals surface area contributed by atoms with Gasteiger partial charge in [0.15, 0.2) is 5.82 Å². The van der Waals surface area contributed by atoms with Crippen LogP contribution in [0.4, 0.5) is 0 Å². The van der Waals surface area contributed by atoms with Crippen molar-refractivity contribution >= 4 is 0 Å². The molecule has 0 bridgehead atoms. The van der Waals surface area contributed by atoms with Crippen molar-refractivity contribution in [3.63, 3.8) is 0 Å². The van der Waals surface area contributed by atoms with Gasteiger partial charge in [-0.3, -0.25) is 9.88 Å². The smallest absolute Gasteiger partial charge is 0.160 e. The van der Waals surface area contributed by atoms with Crippen LogP contribution in [-0.4, -0.2) is 36.2 Å². The summed E-state index contributed by atoms with van der Waals surface area (Å²) in [5.74, 6) is 0.746. The largest absolute Gasteiger partial charge is 0.294 e. The number of benzene rings is 2. The molecule has 6 nitrogen and oxygen atoms in total. The molecule has 1 aliphatic heterocycles. The molecule has 0 saturated carbocycles. The summed E-state index contributed by atoms with van der Waals surface area (Å²) in [5.41, 5.74) is 7.71. The van der Waals surface area contributed by atoms with Crippen LogP contribution in [-0.2, 0) is 19.5 Å². The van der Waals surface area contributed by atoms with Crippen LogP contribution in [0.15, 0.2) is 97.6 Å². The van der Waals surface area contributed by atoms with Crippen molar-refractivity contribution in [1.82, 2.24) is 29.6 Å². The lowest BCUT2D eigenvalue weighted by molar-refractivity contribution is 0.243. The molecule has 1 aliphatic rings. The van der Waals surface area contributed by atoms with Crippen LogP contribution < -0.4 is 0 Å². The zero-order chi connectivity index (χ0) is 22.7. The Hall–Kier alpha value is -4.16. The van der Waals surface area contributed by atoms with Gasteiger partial charge in [-0.25, -0.2) is 14.6 Å². The maximum Gasteiger partial charge on any atom is 0.160 e. The van der Waals surface area contributed by atoms with E-state index < -0.39 is 0 Å². The molecule has 2 aromatic carbocycles. The van der Waals surface area contributed by atoms with Crippen LogP contribution in [0.25, 0.3) is 28.3 Å². The normalized spacial score (nSPS) is 13.5. The number of aromatic nitrogens is 5. The number of para-hydroxylation sites is 1. The third-order valence-electron chi connectivity index (χ3n) is 6.18. The summed E-state index contributed by atoms with van der Waals surface area (Å²) in [5, 5.41) is 4.97. The Morgan fingerprint density at radius 3 is 2.41 bits per heavy atom. The standard InChI is InChI=1S/C28H24N6/c1-3-8-21(9-4-1)27-24(20-34(32-27)25-11-5-2-6-12-25)19-33-15-13-26-23(18-33)17-30-28(31-26)22-10-7-14-29-16-22/h1-12,14,16-17,20H,13,15,18-19H2. The molecular formula is C28H24N6. The van der Waals surface area contributed by atoms with Crippen LogP contribution >= 0.6 is 0 Å². The van der Waals surface area contributed by atoms with Gasteiger partial charge in [0.1, 0.15) is 0 Å². The van der Waals surface area contributed by atoms with Gasteiger partial charge in [0.05, 0.1) is 17.1 Å². The summed E-state index contributed by atoms with van der Waals surface area (Å²) in [6, 6.07) is 24.6. The maximum atomic E-state index is 4.97. The van der Waals surface area contributed by atoms with Gasteiger partial charge in [-0.2, -0.15) is 5.10 Å². The fraction of sp³-hybridized carbons (Fsp3) is 0.143. The van der Waals surface area contributed by atoms with E-state index in [1.165, 1.54) is 11.1 Å². The average molecular weight is 445 g/mol. The van der Waals surface area contributed by atoms with Crippen molar-refractivity contribution in [3.05, 3.63) is 114 Å². The molecule has 6 heteroatoms. The van der Waals surface area contributed by atoms with Gasteiger partial charge in [0, 0.05) is 73.1 Å². The zero-order valence-electron chi connectivity index (χ0n) is 18.7. The highest BCUT2D eigenvalue weighted by molar-refractivity contribution is 5.63. The number of pyridine rings is 1. The summed E-state index contributed by atoms with van der Waals surface area (Å²) in [4.78, 5) is 16.1. The van der Waals surface area contributed by atoms with Crippen LogP contribution in [0.5, 0.6) is 0 Å². The summed E-state index contributed by atoms with van der Waals surface area (Å²) in [6.45, 7) is 2.59. The van der Waals surface area contributed by atoms with E-state index in [0.717, 1.165) is 60.1 Å². The van der Waals surface area contributed by atoms with E-state index in [0.29, 0.717) is 0 Å². The minimum atomic E-state index is 0.746. The molecule has 166 valence electrons. The number of hydrogen-bond acceptors (Lipinski definition) is 5. The van der Waals surface area contributed by atoms with E-state index in [4.69, 9.17) is 10.1 Å². The number of fused-ring (bicyclic) bond motifs is 1. The first-order chi connectivity index (χ1) is 16.8. The van der Waals surface area contributed by atoms with Crippen LogP contribution in [0.2, 0.25) is 0 Å². The highest BCUT2D eigenvalue weighted by Gasteiger charge is 2.21. The Morgan fingerprint density at radius 2 is 1.62 bits per heavy atom. The van der Waals surface area contributed by atoms with Crippen LogP contribution in [0.3, 0.4) is 0 Å². The molecule has 0 unspecified atom stereocenters. The summed E-state index contributed by atoms with van der Waals surface area (Å²) >= 11 is 0. The van der Waals surface area contributed by atoms with Gasteiger partial charge in [-0.15, -0.1) is 0 Å². The molecule has 0 fully saturated rings. The van der Waals surface area contributed by atoms with Crippen molar-refractivity contribution in [2.45, 2.75) is 19.5 Å². The molecule has 4 heterocycles. The van der Waals surface area contributed by atoms with Gasteiger partial charge >= 0.3 is 0 Å². The minimum Gasteiger partial charge on any atom is -0.294 e. The second kappa shape index (κ2) is 9.00. The number of rotatable bonds is 5. The van der Waals surface area contributed by atoms with Crippen molar-refractivity contribution < 1.29 is 0 Å². The molecule has 0 spiro atoms. The Kier molecular flexibility index (Phi) is 5.41. The molecule has 0 aliphatic carbocycles. The quantitative estimate of drug-likeness (QED) is 0.384. The molecule has 0 atom stereocenters. The summed E-state index contributed by atoms with van der Waals surface area (Å²) in [7, 11) is 0. The molecule has 34 heavy (non-hydrogen) atoms. The highest BCUT2D eigenvalue weighted by Crippen LogP contribution is 2.27. The zero-order valence-corrected chi connectivity index (χ0v) is 18.7. The molecule has 0 amide bonds. The first-order valence-electron chi connectivity index (χ1n) is 11.5. The van der Waals surface area contributed by atoms with Crippen molar-refractivity contribution in [3.8, 4) is 28.3 Å². The Morgan fingerprint density at radius 1 is 0.824 bits per heavy atom.